The van der Waals surface area contributed by atoms with E-state index in [0.717, 1.165) is 17.0 Å². The highest BCUT2D eigenvalue weighted by molar-refractivity contribution is 5.95. The molecule has 0 unspecified atom stereocenters. The maximum Gasteiger partial charge on any atom is 0.251 e. The van der Waals surface area contributed by atoms with Gasteiger partial charge >= 0.3 is 0 Å². The van der Waals surface area contributed by atoms with E-state index >= 15 is 0 Å². The van der Waals surface area contributed by atoms with Crippen LogP contribution in [0.3, 0.4) is 0 Å². The molecule has 0 aliphatic heterocycles. The number of rotatable bonds is 6. The fraction of sp³-hybridized carbons (Fsp3) is 0.167. The largest absolute Gasteiger partial charge is 0.465 e. The van der Waals surface area contributed by atoms with Crippen LogP contribution in [0.5, 0.6) is 0 Å². The molecule has 2 aromatic rings. The van der Waals surface area contributed by atoms with Crippen molar-refractivity contribution in [2.75, 3.05) is 5.32 Å². The van der Waals surface area contributed by atoms with Gasteiger partial charge in [0.1, 0.15) is 17.3 Å². The molecule has 1 aromatic carbocycles. The van der Waals surface area contributed by atoms with Crippen LogP contribution >= 0.6 is 0 Å². The number of allylic oxidation sites excluding steroid dienone is 2. The minimum atomic E-state index is -0.186. The zero-order valence-corrected chi connectivity index (χ0v) is 13.8. The van der Waals surface area contributed by atoms with Gasteiger partial charge in [-0.2, -0.15) is 0 Å². The third kappa shape index (κ3) is 4.67. The van der Waals surface area contributed by atoms with Gasteiger partial charge in [0.25, 0.3) is 5.91 Å². The average molecular weight is 330 g/mol. The summed E-state index contributed by atoms with van der Waals surface area (Å²) in [6.45, 7) is 4.04. The highest BCUT2D eigenvalue weighted by atomic mass is 16.3. The second-order valence-electron chi connectivity index (χ2n) is 5.36. The predicted octanol–water partition coefficient (Wildman–Crippen LogP) is 3.08. The number of carbonyl (C=O) groups excluding carboxylic acids is 1. The van der Waals surface area contributed by atoms with E-state index in [-0.39, 0.29) is 8.76 Å². The van der Waals surface area contributed by atoms with Crippen molar-refractivity contribution in [2.24, 2.45) is 11.5 Å². The smallest absolute Gasteiger partial charge is 0.251 e. The lowest BCUT2D eigenvalue weighted by atomic mass is 10.2. The second-order valence-corrected chi connectivity index (χ2v) is 5.36. The van der Waals surface area contributed by atoms with Crippen LogP contribution in [0.15, 0.2) is 64.5 Å². The van der Waals surface area contributed by atoms with Crippen LogP contribution in [0, 0.1) is 6.92 Å². The van der Waals surface area contributed by atoms with Gasteiger partial charge in [0.05, 0.1) is 6.54 Å². The van der Waals surface area contributed by atoms with E-state index in [4.69, 9.17) is 15.9 Å². The molecule has 2 rings (SSSR count). The molecule has 1 aromatic heterocycles. The molecule has 6 heteroatoms. The van der Waals surface area contributed by atoms with Gasteiger partial charge < -0.3 is 26.5 Å². The van der Waals surface area contributed by atoms with E-state index in [0.29, 0.717) is 23.7 Å². The zero-order chi connectivity index (χ0) is 17.5. The van der Waals surface area contributed by atoms with Crippen molar-refractivity contribution in [1.29, 1.82) is 0 Å². The van der Waals surface area contributed by atoms with Crippen molar-refractivity contribution < 1.29 is 12.1 Å². The number of amides is 1. The Morgan fingerprint density at radius 2 is 2.12 bits per heavy atom. The van der Waals surface area contributed by atoms with Gasteiger partial charge in [-0.05, 0) is 62.0 Å². The summed E-state index contributed by atoms with van der Waals surface area (Å²) in [5.74, 6) is 1.82. The summed E-state index contributed by atoms with van der Waals surface area (Å²) in [6, 6.07) is 10.8. The Hall–Kier alpha value is -3.15. The first-order valence-electron chi connectivity index (χ1n) is 7.55. The number of nitrogens with two attached hydrogens (primary N) is 2. The fourth-order valence-electron chi connectivity index (χ4n) is 2.08. The van der Waals surface area contributed by atoms with E-state index in [1.54, 1.807) is 24.3 Å². The fourth-order valence-corrected chi connectivity index (χ4v) is 2.08. The molecule has 6 nitrogen and oxygen atoms in total. The summed E-state index contributed by atoms with van der Waals surface area (Å²) in [7, 11) is 0. The monoisotopic (exact) mass is 330 g/mol. The lowest BCUT2D eigenvalue weighted by Gasteiger charge is -2.10. The molecule has 0 atom stereocenters. The van der Waals surface area contributed by atoms with Gasteiger partial charge in [0.2, 0.25) is 0 Å². The number of carbonyl (C=O) groups is 1. The SMILES string of the molecule is CC(/C=C\N)=C(/N)Nc1cccc(C(=O)NCc2ccc(C)o2)c1.[HH].[HH]. The van der Waals surface area contributed by atoms with Crippen LogP contribution in [0.1, 0.15) is 31.7 Å². The third-order valence-electron chi connectivity index (χ3n) is 3.39. The minimum Gasteiger partial charge on any atom is -0.465 e. The Bertz CT molecular complexity index is 785. The van der Waals surface area contributed by atoms with Crippen LogP contribution in [-0.4, -0.2) is 5.91 Å². The van der Waals surface area contributed by atoms with Crippen LogP contribution < -0.4 is 22.1 Å². The van der Waals surface area contributed by atoms with Crippen molar-refractivity contribution in [3.63, 3.8) is 0 Å². The van der Waals surface area contributed by atoms with Crippen LogP contribution in [-0.2, 0) is 6.54 Å². The summed E-state index contributed by atoms with van der Waals surface area (Å²) in [4.78, 5) is 12.2. The first kappa shape index (κ1) is 17.2. The highest BCUT2D eigenvalue weighted by Crippen LogP contribution is 2.14. The first-order valence-corrected chi connectivity index (χ1v) is 7.55. The third-order valence-corrected chi connectivity index (χ3v) is 3.39. The predicted molar refractivity (Wildman–Crippen MR) is 99.1 cm³/mol. The van der Waals surface area contributed by atoms with Gasteiger partial charge in [-0.15, -0.1) is 0 Å². The minimum absolute atomic E-state index is 0. The summed E-state index contributed by atoms with van der Waals surface area (Å²) in [5.41, 5.74) is 13.4. The first-order chi connectivity index (χ1) is 11.5. The molecule has 0 bridgehead atoms. The van der Waals surface area contributed by atoms with Gasteiger partial charge in [-0.3, -0.25) is 4.79 Å². The normalized spacial score (nSPS) is 12.1. The molecule has 130 valence electrons. The molecule has 24 heavy (non-hydrogen) atoms. The number of aryl methyl sites for hydroxylation is 1. The second kappa shape index (κ2) is 7.92. The number of anilines is 1. The van der Waals surface area contributed by atoms with Crippen molar-refractivity contribution in [3.05, 3.63) is 77.2 Å². The van der Waals surface area contributed by atoms with Crippen molar-refractivity contribution >= 4 is 11.6 Å². The molecule has 0 saturated heterocycles. The molecular formula is C18H26N4O2. The maximum absolute atomic E-state index is 12.2. The molecule has 6 N–H and O–H groups in total. The van der Waals surface area contributed by atoms with Crippen molar-refractivity contribution in [3.8, 4) is 0 Å². The zero-order valence-electron chi connectivity index (χ0n) is 13.8. The maximum atomic E-state index is 12.2. The van der Waals surface area contributed by atoms with Gasteiger partial charge in [-0.1, -0.05) is 6.07 Å². The Balaban J connectivity index is 0.00000312. The quantitative estimate of drug-likeness (QED) is 0.609. The van der Waals surface area contributed by atoms with E-state index < -0.39 is 0 Å². The molecule has 0 aliphatic rings. The van der Waals surface area contributed by atoms with Crippen LogP contribution in [0.25, 0.3) is 0 Å². The van der Waals surface area contributed by atoms with E-state index in [9.17, 15) is 4.79 Å². The molecular weight excluding hydrogens is 304 g/mol. The topological polar surface area (TPSA) is 106 Å². The van der Waals surface area contributed by atoms with Crippen LogP contribution in [0.2, 0.25) is 0 Å². The number of hydrogen-bond acceptors (Lipinski definition) is 5. The van der Waals surface area contributed by atoms with Crippen molar-refractivity contribution in [2.45, 2.75) is 20.4 Å². The number of nitrogens with one attached hydrogen (secondary N) is 2. The highest BCUT2D eigenvalue weighted by Gasteiger charge is 2.08. The van der Waals surface area contributed by atoms with E-state index in [1.807, 2.05) is 32.0 Å². The van der Waals surface area contributed by atoms with E-state index in [1.165, 1.54) is 6.20 Å². The van der Waals surface area contributed by atoms with E-state index in [2.05, 4.69) is 10.6 Å². The number of hydrogen-bond donors (Lipinski definition) is 4. The lowest BCUT2D eigenvalue weighted by Crippen LogP contribution is -2.22. The number of benzene rings is 1. The molecule has 0 aliphatic carbocycles. The molecule has 0 spiro atoms. The summed E-state index contributed by atoms with van der Waals surface area (Å²) in [6.07, 6.45) is 3.12. The van der Waals surface area contributed by atoms with Gasteiger partial charge in [0, 0.05) is 14.1 Å². The summed E-state index contributed by atoms with van der Waals surface area (Å²) >= 11 is 0. The Labute approximate surface area is 144 Å². The summed E-state index contributed by atoms with van der Waals surface area (Å²) < 4.78 is 5.43. The summed E-state index contributed by atoms with van der Waals surface area (Å²) in [5, 5.41) is 5.87. The molecule has 0 radical (unpaired) electrons. The molecule has 1 heterocycles. The molecule has 0 saturated carbocycles. The standard InChI is InChI=1S/C18H22N4O2.2H2/c1-12(8-9-19)17(20)22-15-5-3-4-14(10-15)18(23)21-11-16-7-6-13(2)24-16;;/h3-10,22H,11,19-20H2,1-2H3,(H,21,23);2*1H/b9-8-,17-12+;;. The van der Waals surface area contributed by atoms with Crippen molar-refractivity contribution in [1.82, 2.24) is 5.32 Å². The van der Waals surface area contributed by atoms with Gasteiger partial charge in [0.15, 0.2) is 0 Å². The Kier molecular flexibility index (Phi) is 5.68. The van der Waals surface area contributed by atoms with Crippen LogP contribution in [0.4, 0.5) is 5.69 Å². The average Bonchev–Trinajstić information content (AvgIpc) is 2.98. The Morgan fingerprint density at radius 1 is 1.33 bits per heavy atom. The van der Waals surface area contributed by atoms with Gasteiger partial charge in [-0.25, -0.2) is 0 Å². The lowest BCUT2D eigenvalue weighted by molar-refractivity contribution is 0.0948. The number of furan rings is 1. The Morgan fingerprint density at radius 3 is 2.79 bits per heavy atom. The molecule has 1 amide bonds. The molecule has 0 fully saturated rings.